The van der Waals surface area contributed by atoms with Gasteiger partial charge in [0.15, 0.2) is 23.5 Å². The normalized spacial score (nSPS) is 10.5. The Balaban J connectivity index is 3.31. The second-order valence-electron chi connectivity index (χ2n) is 2.18. The van der Waals surface area contributed by atoms with Gasteiger partial charge in [0.05, 0.1) is 5.56 Å². The van der Waals surface area contributed by atoms with Crippen LogP contribution in [0.15, 0.2) is 6.20 Å². The van der Waals surface area contributed by atoms with Crippen LogP contribution in [0.2, 0.25) is 0 Å². The monoisotopic (exact) mass is 191 g/mol. The maximum absolute atomic E-state index is 12.8. The van der Waals surface area contributed by atoms with Crippen LogP contribution in [-0.2, 0) is 0 Å². The molecule has 1 rings (SSSR count). The van der Waals surface area contributed by atoms with Crippen molar-refractivity contribution in [3.63, 3.8) is 0 Å². The molecule has 0 fully saturated rings. The van der Waals surface area contributed by atoms with E-state index in [0.29, 0.717) is 6.20 Å². The molecule has 0 bridgehead atoms. The predicted molar refractivity (Wildman–Crippen MR) is 36.2 cm³/mol. The summed E-state index contributed by atoms with van der Waals surface area (Å²) in [5, 5.41) is 8.80. The van der Waals surface area contributed by atoms with Crippen molar-refractivity contribution < 1.29 is 23.1 Å². The van der Waals surface area contributed by atoms with E-state index in [4.69, 9.17) is 5.11 Å². The number of hydrogen-bond donors (Lipinski definition) is 1. The van der Waals surface area contributed by atoms with Crippen LogP contribution in [0, 0.1) is 5.82 Å². The number of carbonyl (C=O) groups excluding carboxylic acids is 1. The van der Waals surface area contributed by atoms with Crippen molar-refractivity contribution in [3.05, 3.63) is 23.3 Å². The number of aromatic hydroxyl groups is 1. The number of carbonyl (C=O) groups is 1. The number of halogens is 3. The van der Waals surface area contributed by atoms with E-state index in [2.05, 4.69) is 4.98 Å². The van der Waals surface area contributed by atoms with Gasteiger partial charge in [-0.05, 0) is 0 Å². The van der Waals surface area contributed by atoms with E-state index in [9.17, 15) is 18.0 Å². The van der Waals surface area contributed by atoms with Gasteiger partial charge in [-0.2, -0.15) is 0 Å². The highest BCUT2D eigenvalue weighted by atomic mass is 19.3. The molecule has 0 aliphatic carbocycles. The molecule has 70 valence electrons. The summed E-state index contributed by atoms with van der Waals surface area (Å²) in [6.07, 6.45) is -2.35. The Hall–Kier alpha value is -1.59. The van der Waals surface area contributed by atoms with Gasteiger partial charge in [0.2, 0.25) is 0 Å². The topological polar surface area (TPSA) is 50.2 Å². The molecular weight excluding hydrogens is 187 g/mol. The van der Waals surface area contributed by atoms with Crippen molar-refractivity contribution in [2.75, 3.05) is 0 Å². The van der Waals surface area contributed by atoms with Gasteiger partial charge < -0.3 is 5.11 Å². The molecular formula is C7H4F3NO2. The fraction of sp³-hybridized carbons (Fsp3) is 0.143. The molecule has 13 heavy (non-hydrogen) atoms. The van der Waals surface area contributed by atoms with Gasteiger partial charge in [0.1, 0.15) is 0 Å². The lowest BCUT2D eigenvalue weighted by atomic mass is 10.2. The molecule has 0 aliphatic heterocycles. The van der Waals surface area contributed by atoms with Crippen molar-refractivity contribution in [1.29, 1.82) is 0 Å². The molecule has 6 heteroatoms. The number of nitrogens with zero attached hydrogens (tertiary/aromatic N) is 1. The molecule has 1 aromatic rings. The largest absolute Gasteiger partial charge is 0.503 e. The Morgan fingerprint density at radius 3 is 2.62 bits per heavy atom. The SMILES string of the molecule is O=Cc1cnc(C(F)F)c(O)c1F. The minimum Gasteiger partial charge on any atom is -0.503 e. The average molecular weight is 191 g/mol. The molecule has 3 nitrogen and oxygen atoms in total. The lowest BCUT2D eigenvalue weighted by Gasteiger charge is -2.03. The summed E-state index contributed by atoms with van der Waals surface area (Å²) in [4.78, 5) is 13.1. The van der Waals surface area contributed by atoms with Crippen LogP contribution in [0.5, 0.6) is 5.75 Å². The molecule has 0 saturated carbocycles. The number of aromatic nitrogens is 1. The van der Waals surface area contributed by atoms with Gasteiger partial charge in [-0.25, -0.2) is 13.2 Å². The first kappa shape index (κ1) is 9.50. The number of rotatable bonds is 2. The first-order valence-electron chi connectivity index (χ1n) is 3.18. The second-order valence-corrected chi connectivity index (χ2v) is 2.18. The van der Waals surface area contributed by atoms with Crippen LogP contribution < -0.4 is 0 Å². The quantitative estimate of drug-likeness (QED) is 0.723. The van der Waals surface area contributed by atoms with E-state index in [-0.39, 0.29) is 6.29 Å². The molecule has 0 aliphatic rings. The Labute approximate surface area is 70.8 Å². The molecule has 1 N–H and O–H groups in total. The van der Waals surface area contributed by atoms with Crippen LogP contribution in [0.1, 0.15) is 22.5 Å². The zero-order chi connectivity index (χ0) is 10.0. The van der Waals surface area contributed by atoms with E-state index >= 15 is 0 Å². The van der Waals surface area contributed by atoms with E-state index in [1.807, 2.05) is 0 Å². The zero-order valence-electron chi connectivity index (χ0n) is 6.17. The molecule has 0 aromatic carbocycles. The van der Waals surface area contributed by atoms with Crippen LogP contribution in [-0.4, -0.2) is 16.4 Å². The molecule has 0 unspecified atom stereocenters. The summed E-state index contributed by atoms with van der Waals surface area (Å²) in [7, 11) is 0. The maximum atomic E-state index is 12.8. The van der Waals surface area contributed by atoms with E-state index in [0.717, 1.165) is 0 Å². The highest BCUT2D eigenvalue weighted by molar-refractivity contribution is 5.75. The highest BCUT2D eigenvalue weighted by Gasteiger charge is 2.20. The van der Waals surface area contributed by atoms with Gasteiger partial charge in [0, 0.05) is 6.20 Å². The lowest BCUT2D eigenvalue weighted by molar-refractivity contribution is 0.111. The van der Waals surface area contributed by atoms with Gasteiger partial charge in [0.25, 0.3) is 6.43 Å². The average Bonchev–Trinajstić information content (AvgIpc) is 2.09. The minimum absolute atomic E-state index is 0.0807. The summed E-state index contributed by atoms with van der Waals surface area (Å²) >= 11 is 0. The zero-order valence-corrected chi connectivity index (χ0v) is 6.17. The number of aldehydes is 1. The second kappa shape index (κ2) is 3.42. The van der Waals surface area contributed by atoms with E-state index in [1.54, 1.807) is 0 Å². The van der Waals surface area contributed by atoms with E-state index < -0.39 is 29.2 Å². The molecule has 1 aromatic heterocycles. The first-order valence-corrected chi connectivity index (χ1v) is 3.18. The standard InChI is InChI=1S/C7H4F3NO2/c8-4-3(2-12)1-11-5(6(4)13)7(9)10/h1-2,7,13H. The summed E-state index contributed by atoms with van der Waals surface area (Å²) in [5.74, 6) is -2.65. The molecule has 0 radical (unpaired) electrons. The number of pyridine rings is 1. The highest BCUT2D eigenvalue weighted by Crippen LogP contribution is 2.29. The van der Waals surface area contributed by atoms with Crippen LogP contribution in [0.25, 0.3) is 0 Å². The van der Waals surface area contributed by atoms with Gasteiger partial charge in [-0.15, -0.1) is 0 Å². The first-order chi connectivity index (χ1) is 6.07. The molecule has 0 amide bonds. The van der Waals surface area contributed by atoms with Crippen LogP contribution in [0.4, 0.5) is 13.2 Å². The molecule has 0 spiro atoms. The molecule has 0 saturated heterocycles. The van der Waals surface area contributed by atoms with Crippen LogP contribution >= 0.6 is 0 Å². The Morgan fingerprint density at radius 1 is 1.54 bits per heavy atom. The number of hydrogen-bond acceptors (Lipinski definition) is 3. The van der Waals surface area contributed by atoms with Crippen molar-refractivity contribution in [2.24, 2.45) is 0 Å². The predicted octanol–water partition coefficient (Wildman–Crippen LogP) is 1.68. The summed E-state index contributed by atoms with van der Waals surface area (Å²) in [6.45, 7) is 0. The lowest BCUT2D eigenvalue weighted by Crippen LogP contribution is -1.97. The summed E-state index contributed by atoms with van der Waals surface area (Å²) in [6, 6.07) is 0. The van der Waals surface area contributed by atoms with E-state index in [1.165, 1.54) is 0 Å². The maximum Gasteiger partial charge on any atom is 0.284 e. The third-order valence-corrected chi connectivity index (χ3v) is 1.38. The Bertz CT molecular complexity index is 341. The Morgan fingerprint density at radius 2 is 2.15 bits per heavy atom. The van der Waals surface area contributed by atoms with Gasteiger partial charge in [-0.1, -0.05) is 0 Å². The number of alkyl halides is 2. The third kappa shape index (κ3) is 1.61. The molecule has 0 atom stereocenters. The Kier molecular flexibility index (Phi) is 2.50. The van der Waals surface area contributed by atoms with Gasteiger partial charge >= 0.3 is 0 Å². The molecule has 1 heterocycles. The van der Waals surface area contributed by atoms with Crippen molar-refractivity contribution in [1.82, 2.24) is 4.98 Å². The smallest absolute Gasteiger partial charge is 0.284 e. The van der Waals surface area contributed by atoms with Gasteiger partial charge in [-0.3, -0.25) is 9.78 Å². The van der Waals surface area contributed by atoms with Crippen molar-refractivity contribution in [3.8, 4) is 5.75 Å². The fourth-order valence-corrected chi connectivity index (χ4v) is 0.748. The summed E-state index contributed by atoms with van der Waals surface area (Å²) < 4.78 is 36.7. The van der Waals surface area contributed by atoms with Crippen molar-refractivity contribution >= 4 is 6.29 Å². The summed E-state index contributed by atoms with van der Waals surface area (Å²) in [5.41, 5.74) is -1.62. The van der Waals surface area contributed by atoms with Crippen molar-refractivity contribution in [2.45, 2.75) is 6.43 Å². The minimum atomic E-state index is -3.07. The third-order valence-electron chi connectivity index (χ3n) is 1.38. The van der Waals surface area contributed by atoms with Crippen LogP contribution in [0.3, 0.4) is 0 Å². The fourth-order valence-electron chi connectivity index (χ4n) is 0.748.